The van der Waals surface area contributed by atoms with Crippen molar-refractivity contribution in [3.8, 4) is 0 Å². The van der Waals surface area contributed by atoms with Gasteiger partial charge in [0, 0.05) is 24.6 Å². The Hall–Kier alpha value is -1.78. The van der Waals surface area contributed by atoms with Crippen LogP contribution in [0.2, 0.25) is 0 Å². The molecule has 2 heterocycles. The van der Waals surface area contributed by atoms with Gasteiger partial charge >= 0.3 is 0 Å². The summed E-state index contributed by atoms with van der Waals surface area (Å²) in [5.74, 6) is 2.18. The van der Waals surface area contributed by atoms with Crippen molar-refractivity contribution >= 4 is 5.71 Å². The van der Waals surface area contributed by atoms with Crippen molar-refractivity contribution in [3.63, 3.8) is 0 Å². The number of nitrogens with two attached hydrogens (primary N) is 1. The Balaban J connectivity index is 1.33. The molecule has 0 aromatic heterocycles. The predicted molar refractivity (Wildman–Crippen MR) is 139 cm³/mol. The van der Waals surface area contributed by atoms with Crippen molar-refractivity contribution < 1.29 is 13.9 Å². The van der Waals surface area contributed by atoms with Gasteiger partial charge < -0.3 is 15.2 Å². The van der Waals surface area contributed by atoms with E-state index in [1.165, 1.54) is 18.4 Å². The Kier molecular flexibility index (Phi) is 7.60. The normalized spacial score (nSPS) is 43.4. The maximum absolute atomic E-state index is 13.6. The molecule has 0 aromatic rings. The van der Waals surface area contributed by atoms with E-state index in [0.717, 1.165) is 38.1 Å². The number of ether oxygens (including phenoxy) is 2. The van der Waals surface area contributed by atoms with Crippen molar-refractivity contribution in [2.75, 3.05) is 19.9 Å². The molecule has 4 nitrogen and oxygen atoms in total. The minimum absolute atomic E-state index is 0.171. The lowest BCUT2D eigenvalue weighted by molar-refractivity contribution is -0.0887. The summed E-state index contributed by atoms with van der Waals surface area (Å²) >= 11 is 0. The largest absolute Gasteiger partial charge is 0.355 e. The van der Waals surface area contributed by atoms with Crippen LogP contribution in [0.1, 0.15) is 52.4 Å². The molecule has 190 valence electrons. The molecule has 0 aromatic carbocycles. The Bertz CT molecular complexity index is 961. The second kappa shape index (κ2) is 10.7. The number of dihydropyridines is 1. The fourth-order valence-corrected chi connectivity index (χ4v) is 7.57. The van der Waals surface area contributed by atoms with E-state index in [1.807, 2.05) is 12.2 Å². The van der Waals surface area contributed by atoms with Crippen molar-refractivity contribution in [1.82, 2.24) is 0 Å². The maximum atomic E-state index is 13.6. The molecule has 5 rings (SSSR count). The third-order valence-electron chi connectivity index (χ3n) is 9.25. The number of aliphatic imine (C=N–C) groups is 1. The molecule has 0 spiro atoms. The van der Waals surface area contributed by atoms with E-state index < -0.39 is 6.17 Å². The Labute approximate surface area is 209 Å². The first-order chi connectivity index (χ1) is 16.9. The van der Waals surface area contributed by atoms with Crippen LogP contribution in [0.15, 0.2) is 58.8 Å². The average Bonchev–Trinajstić information content (AvgIpc) is 3.15. The molecular formula is C30H41FN2O2. The fourth-order valence-electron chi connectivity index (χ4n) is 7.57. The molecule has 9 atom stereocenters. The number of alkyl halides is 1. The lowest BCUT2D eigenvalue weighted by Crippen LogP contribution is -2.53. The molecule has 2 saturated carbocycles. The number of nitrogens with zero attached hydrogens (tertiary/aromatic N) is 1. The van der Waals surface area contributed by atoms with Crippen LogP contribution in [0, 0.1) is 35.0 Å². The van der Waals surface area contributed by atoms with Crippen LogP contribution in [0.3, 0.4) is 0 Å². The van der Waals surface area contributed by atoms with Crippen LogP contribution in [0.5, 0.6) is 0 Å². The third-order valence-corrected chi connectivity index (χ3v) is 9.25. The lowest BCUT2D eigenvalue weighted by Gasteiger charge is -2.56. The van der Waals surface area contributed by atoms with Crippen LogP contribution >= 0.6 is 0 Å². The molecule has 9 unspecified atom stereocenters. The van der Waals surface area contributed by atoms with Gasteiger partial charge in [-0.25, -0.2) is 4.39 Å². The van der Waals surface area contributed by atoms with E-state index in [-0.39, 0.29) is 17.4 Å². The van der Waals surface area contributed by atoms with E-state index in [1.54, 1.807) is 6.08 Å². The van der Waals surface area contributed by atoms with E-state index in [4.69, 9.17) is 20.2 Å². The summed E-state index contributed by atoms with van der Waals surface area (Å²) in [5.41, 5.74) is 12.4. The van der Waals surface area contributed by atoms with Gasteiger partial charge in [-0.3, -0.25) is 4.99 Å². The molecular weight excluding hydrogens is 439 g/mol. The molecule has 0 radical (unpaired) electrons. The number of hydrogen-bond acceptors (Lipinski definition) is 4. The Morgan fingerprint density at radius 2 is 2.11 bits per heavy atom. The predicted octanol–water partition coefficient (Wildman–Crippen LogP) is 5.72. The van der Waals surface area contributed by atoms with Crippen LogP contribution in [0.25, 0.3) is 0 Å². The maximum Gasteiger partial charge on any atom is 0.147 e. The highest BCUT2D eigenvalue weighted by atomic mass is 19.1. The summed E-state index contributed by atoms with van der Waals surface area (Å²) in [5, 5.41) is 0. The summed E-state index contributed by atoms with van der Waals surface area (Å²) in [7, 11) is 0. The van der Waals surface area contributed by atoms with Crippen LogP contribution in [-0.2, 0) is 9.47 Å². The Morgan fingerprint density at radius 1 is 1.23 bits per heavy atom. The van der Waals surface area contributed by atoms with Gasteiger partial charge in [-0.15, -0.1) is 5.73 Å². The van der Waals surface area contributed by atoms with Crippen LogP contribution in [0.4, 0.5) is 4.39 Å². The molecule has 5 heteroatoms. The van der Waals surface area contributed by atoms with Gasteiger partial charge in [0.25, 0.3) is 0 Å². The Morgan fingerprint density at radius 3 is 2.94 bits per heavy atom. The first-order valence-electron chi connectivity index (χ1n) is 13.5. The number of halogens is 1. The van der Waals surface area contributed by atoms with Gasteiger partial charge in [0.05, 0.1) is 18.4 Å². The average molecular weight is 481 g/mol. The molecule has 35 heavy (non-hydrogen) atoms. The van der Waals surface area contributed by atoms with Gasteiger partial charge in [0.1, 0.15) is 13.0 Å². The number of fused-ring (bicyclic) bond motifs is 2. The summed E-state index contributed by atoms with van der Waals surface area (Å²) in [6, 6.07) is 0.304. The zero-order valence-electron chi connectivity index (χ0n) is 21.2. The highest BCUT2D eigenvalue weighted by Crippen LogP contribution is 2.57. The van der Waals surface area contributed by atoms with E-state index >= 15 is 0 Å². The number of hydrogen-bond donors (Lipinski definition) is 1. The zero-order chi connectivity index (χ0) is 24.4. The van der Waals surface area contributed by atoms with Crippen molar-refractivity contribution in [2.24, 2.45) is 45.7 Å². The zero-order valence-corrected chi connectivity index (χ0v) is 21.2. The fraction of sp³-hybridized carbons (Fsp3) is 0.667. The van der Waals surface area contributed by atoms with Gasteiger partial charge in [-0.2, -0.15) is 0 Å². The van der Waals surface area contributed by atoms with Crippen molar-refractivity contribution in [3.05, 3.63) is 53.8 Å². The molecule has 5 aliphatic rings. The summed E-state index contributed by atoms with van der Waals surface area (Å²) < 4.78 is 25.5. The van der Waals surface area contributed by atoms with Crippen LogP contribution in [-0.4, -0.2) is 44.0 Å². The minimum Gasteiger partial charge on any atom is -0.355 e. The highest BCUT2D eigenvalue weighted by molar-refractivity contribution is 6.04. The number of allylic oxidation sites excluding steroid dienone is 5. The standard InChI is InChI=1S/C30H41FN2O2/c1-20-29-23(18-34-19-35-20)15-30(2)16-25(32)12-14-28(30)27(29)8-4-7-26-13-10-22(17-33-26)21-5-3-6-24(31)11-9-21/h3,5-8,10,13,20,22-25,27-29H,9,11-12,14-19,32H2,1-2H3. The van der Waals surface area contributed by atoms with Crippen LogP contribution < -0.4 is 5.73 Å². The lowest BCUT2D eigenvalue weighted by atomic mass is 9.50. The molecule has 0 amide bonds. The topological polar surface area (TPSA) is 56.8 Å². The molecule has 0 bridgehead atoms. The van der Waals surface area contributed by atoms with Crippen molar-refractivity contribution in [2.45, 2.75) is 70.7 Å². The summed E-state index contributed by atoms with van der Waals surface area (Å²) in [6.45, 7) is 6.54. The molecule has 1 saturated heterocycles. The van der Waals surface area contributed by atoms with E-state index in [9.17, 15) is 4.39 Å². The van der Waals surface area contributed by atoms with Gasteiger partial charge in [0.15, 0.2) is 0 Å². The first-order valence-corrected chi connectivity index (χ1v) is 13.5. The highest BCUT2D eigenvalue weighted by Gasteiger charge is 2.53. The first kappa shape index (κ1) is 24.9. The van der Waals surface area contributed by atoms with E-state index in [2.05, 4.69) is 43.9 Å². The van der Waals surface area contributed by atoms with Gasteiger partial charge in [-0.05, 0) is 86.7 Å². The third kappa shape index (κ3) is 5.49. The van der Waals surface area contributed by atoms with Gasteiger partial charge in [0.2, 0.25) is 0 Å². The molecule has 2 aliphatic heterocycles. The summed E-state index contributed by atoms with van der Waals surface area (Å²) in [4.78, 5) is 4.81. The van der Waals surface area contributed by atoms with Gasteiger partial charge in [-0.1, -0.05) is 36.8 Å². The molecule has 3 aliphatic carbocycles. The quantitative estimate of drug-likeness (QED) is 0.526. The van der Waals surface area contributed by atoms with E-state index in [0.29, 0.717) is 42.9 Å². The summed E-state index contributed by atoms with van der Waals surface area (Å²) in [6.07, 6.45) is 19.4. The second-order valence-electron chi connectivity index (χ2n) is 11.7. The minimum atomic E-state index is -0.835. The molecule has 2 N–H and O–H groups in total. The second-order valence-corrected chi connectivity index (χ2v) is 11.7. The monoisotopic (exact) mass is 480 g/mol. The molecule has 3 fully saturated rings. The van der Waals surface area contributed by atoms with Crippen molar-refractivity contribution in [1.29, 1.82) is 0 Å². The number of rotatable bonds is 3. The SMILES string of the molecule is CC1OCOCC2CC3(C)CC(N)CCC3C(C=C=CC3=NCC(C4=CC=CC(F)CC4)C=C3)C21. The smallest absolute Gasteiger partial charge is 0.147 e.